The topological polar surface area (TPSA) is 84.2 Å². The fraction of sp³-hybridized carbons (Fsp3) is 0.429. The summed E-state index contributed by atoms with van der Waals surface area (Å²) in [5.41, 5.74) is 7.64. The maximum atomic E-state index is 11.9. The maximum absolute atomic E-state index is 11.9. The van der Waals surface area contributed by atoms with Crippen LogP contribution < -0.4 is 16.4 Å². The Labute approximate surface area is 113 Å². The zero-order valence-electron chi connectivity index (χ0n) is 11.5. The Bertz CT molecular complexity index is 458. The number of para-hydroxylation sites is 1. The Morgan fingerprint density at radius 1 is 1.21 bits per heavy atom. The van der Waals surface area contributed by atoms with Crippen LogP contribution in [-0.2, 0) is 4.79 Å². The zero-order valence-corrected chi connectivity index (χ0v) is 11.5. The second kappa shape index (κ2) is 7.41. The molecule has 5 heteroatoms. The number of amides is 2. The van der Waals surface area contributed by atoms with E-state index in [9.17, 15) is 9.59 Å². The van der Waals surface area contributed by atoms with Crippen molar-refractivity contribution in [2.24, 2.45) is 0 Å². The summed E-state index contributed by atoms with van der Waals surface area (Å²) in [6.45, 7) is 4.81. The normalized spacial score (nSPS) is 10.0. The predicted octanol–water partition coefficient (Wildman–Crippen LogP) is 1.22. The quantitative estimate of drug-likeness (QED) is 0.675. The number of benzene rings is 1. The van der Waals surface area contributed by atoms with Gasteiger partial charge in [0.2, 0.25) is 5.91 Å². The van der Waals surface area contributed by atoms with Gasteiger partial charge in [-0.15, -0.1) is 0 Å². The molecule has 0 saturated carbocycles. The minimum absolute atomic E-state index is 0.0561. The van der Waals surface area contributed by atoms with Gasteiger partial charge in [-0.05, 0) is 25.0 Å². The SMILES string of the molecule is CCCNC(=O)CCNC(=O)c1cccc(C)c1N. The number of carbonyl (C=O) groups is 2. The average molecular weight is 263 g/mol. The van der Waals surface area contributed by atoms with Gasteiger partial charge >= 0.3 is 0 Å². The average Bonchev–Trinajstić information content (AvgIpc) is 2.39. The van der Waals surface area contributed by atoms with Crippen molar-refractivity contribution in [1.82, 2.24) is 10.6 Å². The van der Waals surface area contributed by atoms with Gasteiger partial charge in [0.05, 0.1) is 5.56 Å². The number of nitrogens with one attached hydrogen (secondary N) is 2. The first-order valence-corrected chi connectivity index (χ1v) is 6.46. The van der Waals surface area contributed by atoms with E-state index in [1.54, 1.807) is 12.1 Å². The Hall–Kier alpha value is -2.04. The van der Waals surface area contributed by atoms with Crippen LogP contribution in [0.2, 0.25) is 0 Å². The molecule has 0 fully saturated rings. The third-order valence-electron chi connectivity index (χ3n) is 2.78. The molecule has 0 saturated heterocycles. The molecule has 0 spiro atoms. The number of hydrogen-bond acceptors (Lipinski definition) is 3. The summed E-state index contributed by atoms with van der Waals surface area (Å²) in [6.07, 6.45) is 1.18. The number of hydrogen-bond donors (Lipinski definition) is 3. The highest BCUT2D eigenvalue weighted by Gasteiger charge is 2.10. The van der Waals surface area contributed by atoms with Crippen molar-refractivity contribution >= 4 is 17.5 Å². The van der Waals surface area contributed by atoms with E-state index in [0.29, 0.717) is 24.3 Å². The van der Waals surface area contributed by atoms with Gasteiger partial charge in [0.25, 0.3) is 5.91 Å². The van der Waals surface area contributed by atoms with Crippen LogP contribution in [0.15, 0.2) is 18.2 Å². The van der Waals surface area contributed by atoms with E-state index < -0.39 is 0 Å². The summed E-state index contributed by atoms with van der Waals surface area (Å²) >= 11 is 0. The van der Waals surface area contributed by atoms with Crippen molar-refractivity contribution in [3.05, 3.63) is 29.3 Å². The van der Waals surface area contributed by atoms with Gasteiger partial charge in [-0.2, -0.15) is 0 Å². The lowest BCUT2D eigenvalue weighted by Gasteiger charge is -2.09. The van der Waals surface area contributed by atoms with Gasteiger partial charge in [0.15, 0.2) is 0 Å². The number of rotatable bonds is 6. The number of aryl methyl sites for hydroxylation is 1. The molecule has 0 aromatic heterocycles. The largest absolute Gasteiger partial charge is 0.398 e. The van der Waals surface area contributed by atoms with E-state index in [1.165, 1.54) is 0 Å². The molecule has 0 aliphatic rings. The van der Waals surface area contributed by atoms with Crippen molar-refractivity contribution < 1.29 is 9.59 Å². The highest BCUT2D eigenvalue weighted by molar-refractivity contribution is 5.99. The van der Waals surface area contributed by atoms with Crippen LogP contribution in [0.3, 0.4) is 0 Å². The second-order valence-corrected chi connectivity index (χ2v) is 4.39. The molecule has 0 heterocycles. The van der Waals surface area contributed by atoms with Crippen LogP contribution in [0.4, 0.5) is 5.69 Å². The number of anilines is 1. The summed E-state index contributed by atoms with van der Waals surface area (Å²) < 4.78 is 0. The van der Waals surface area contributed by atoms with Crippen molar-refractivity contribution in [2.45, 2.75) is 26.7 Å². The first-order valence-electron chi connectivity index (χ1n) is 6.46. The van der Waals surface area contributed by atoms with E-state index in [-0.39, 0.29) is 18.2 Å². The Kier molecular flexibility index (Phi) is 5.85. The monoisotopic (exact) mass is 263 g/mol. The van der Waals surface area contributed by atoms with Crippen molar-refractivity contribution in [3.8, 4) is 0 Å². The van der Waals surface area contributed by atoms with Gasteiger partial charge in [-0.3, -0.25) is 9.59 Å². The fourth-order valence-corrected chi connectivity index (χ4v) is 1.62. The molecule has 0 unspecified atom stereocenters. The first kappa shape index (κ1) is 15.0. The first-order chi connectivity index (χ1) is 9.06. The van der Waals surface area contributed by atoms with Crippen LogP contribution in [-0.4, -0.2) is 24.9 Å². The van der Waals surface area contributed by atoms with Gasteiger partial charge in [0, 0.05) is 25.2 Å². The minimum Gasteiger partial charge on any atom is -0.398 e. The van der Waals surface area contributed by atoms with E-state index in [2.05, 4.69) is 10.6 Å². The van der Waals surface area contributed by atoms with Crippen LogP contribution >= 0.6 is 0 Å². The molecule has 2 amide bonds. The lowest BCUT2D eigenvalue weighted by molar-refractivity contribution is -0.120. The van der Waals surface area contributed by atoms with Crippen molar-refractivity contribution in [2.75, 3.05) is 18.8 Å². The summed E-state index contributed by atoms with van der Waals surface area (Å²) in [6, 6.07) is 5.31. The molecule has 0 bridgehead atoms. The van der Waals surface area contributed by atoms with Gasteiger partial charge in [-0.1, -0.05) is 19.1 Å². The molecule has 0 atom stereocenters. The second-order valence-electron chi connectivity index (χ2n) is 4.39. The molecule has 1 aromatic rings. The highest BCUT2D eigenvalue weighted by Crippen LogP contribution is 2.15. The summed E-state index contributed by atoms with van der Waals surface area (Å²) in [5.74, 6) is -0.302. The smallest absolute Gasteiger partial charge is 0.253 e. The summed E-state index contributed by atoms with van der Waals surface area (Å²) in [5, 5.41) is 5.45. The number of carbonyl (C=O) groups excluding carboxylic acids is 2. The molecular formula is C14H21N3O2. The van der Waals surface area contributed by atoms with Gasteiger partial charge < -0.3 is 16.4 Å². The van der Waals surface area contributed by atoms with Crippen LogP contribution in [0.25, 0.3) is 0 Å². The molecular weight excluding hydrogens is 242 g/mol. The van der Waals surface area contributed by atoms with Gasteiger partial charge in [-0.25, -0.2) is 0 Å². The van der Waals surface area contributed by atoms with Crippen LogP contribution in [0, 0.1) is 6.92 Å². The zero-order chi connectivity index (χ0) is 14.3. The van der Waals surface area contributed by atoms with Gasteiger partial charge in [0.1, 0.15) is 0 Å². The molecule has 104 valence electrons. The van der Waals surface area contributed by atoms with E-state index in [1.807, 2.05) is 19.9 Å². The third kappa shape index (κ3) is 4.62. The standard InChI is InChI=1S/C14H21N3O2/c1-3-8-16-12(18)7-9-17-14(19)11-6-4-5-10(2)13(11)15/h4-6H,3,7-9,15H2,1-2H3,(H,16,18)(H,17,19). The summed E-state index contributed by atoms with van der Waals surface area (Å²) in [7, 11) is 0. The maximum Gasteiger partial charge on any atom is 0.253 e. The number of nitrogens with two attached hydrogens (primary N) is 1. The third-order valence-corrected chi connectivity index (χ3v) is 2.78. The Morgan fingerprint density at radius 2 is 1.95 bits per heavy atom. The van der Waals surface area contributed by atoms with E-state index in [0.717, 1.165) is 12.0 Å². The van der Waals surface area contributed by atoms with E-state index in [4.69, 9.17) is 5.73 Å². The van der Waals surface area contributed by atoms with Crippen LogP contribution in [0.1, 0.15) is 35.7 Å². The number of nitrogen functional groups attached to an aromatic ring is 1. The van der Waals surface area contributed by atoms with E-state index >= 15 is 0 Å². The lowest BCUT2D eigenvalue weighted by Crippen LogP contribution is -2.31. The Morgan fingerprint density at radius 3 is 2.63 bits per heavy atom. The fourth-order valence-electron chi connectivity index (χ4n) is 1.62. The molecule has 0 radical (unpaired) electrons. The van der Waals surface area contributed by atoms with Crippen molar-refractivity contribution in [1.29, 1.82) is 0 Å². The molecule has 0 aliphatic carbocycles. The minimum atomic E-state index is -0.246. The lowest BCUT2D eigenvalue weighted by atomic mass is 10.1. The highest BCUT2D eigenvalue weighted by atomic mass is 16.2. The Balaban J connectivity index is 2.43. The predicted molar refractivity (Wildman–Crippen MR) is 75.8 cm³/mol. The summed E-state index contributed by atoms with van der Waals surface area (Å²) in [4.78, 5) is 23.2. The molecule has 0 aliphatic heterocycles. The van der Waals surface area contributed by atoms with Crippen LogP contribution in [0.5, 0.6) is 0 Å². The molecule has 4 N–H and O–H groups in total. The van der Waals surface area contributed by atoms with Crippen molar-refractivity contribution in [3.63, 3.8) is 0 Å². The molecule has 1 aromatic carbocycles. The molecule has 19 heavy (non-hydrogen) atoms. The molecule has 5 nitrogen and oxygen atoms in total. The molecule has 1 rings (SSSR count).